The van der Waals surface area contributed by atoms with Crippen molar-refractivity contribution in [1.82, 2.24) is 0 Å². The monoisotopic (exact) mass is 554 g/mol. The van der Waals surface area contributed by atoms with Crippen LogP contribution in [-0.4, -0.2) is 29.0 Å². The molecule has 0 spiro atoms. The van der Waals surface area contributed by atoms with Gasteiger partial charge in [0.05, 0.1) is 0 Å². The van der Waals surface area contributed by atoms with E-state index in [1.54, 1.807) is 0 Å². The molecule has 0 saturated heterocycles. The summed E-state index contributed by atoms with van der Waals surface area (Å²) in [5.74, 6) is 0. The van der Waals surface area contributed by atoms with Gasteiger partial charge in [0.25, 0.3) is 0 Å². The Hall–Kier alpha value is -1.96. The van der Waals surface area contributed by atoms with E-state index in [2.05, 4.69) is 77.9 Å². The Balaban J connectivity index is 1.85. The summed E-state index contributed by atoms with van der Waals surface area (Å²) >= 11 is 0.0374. The van der Waals surface area contributed by atoms with Crippen LogP contribution in [0, 0.1) is 0 Å². The molecule has 0 aliphatic heterocycles. The van der Waals surface area contributed by atoms with Crippen LogP contribution < -0.4 is 10.9 Å². The van der Waals surface area contributed by atoms with Crippen molar-refractivity contribution in [3.63, 3.8) is 0 Å². The van der Waals surface area contributed by atoms with Crippen molar-refractivity contribution in [3.05, 3.63) is 80.1 Å². The standard InChI is InChI=1S/C28H26O2Se2/c1-27(2,3)15-7-9-21-17(11-15)25(29)19-13-24-20(14-23(19)31-21)26(30)18-12-16(28(4,5)6)8-10-22(18)32-24/h7-14H,1-6H3. The van der Waals surface area contributed by atoms with Gasteiger partial charge in [0, 0.05) is 0 Å². The maximum atomic E-state index is 13.5. The molecule has 2 heterocycles. The van der Waals surface area contributed by atoms with E-state index in [1.165, 1.54) is 11.1 Å². The van der Waals surface area contributed by atoms with Gasteiger partial charge in [-0.2, -0.15) is 0 Å². The summed E-state index contributed by atoms with van der Waals surface area (Å²) in [6.45, 7) is 13.0. The van der Waals surface area contributed by atoms with E-state index < -0.39 is 0 Å². The fourth-order valence-corrected chi connectivity index (χ4v) is 8.64. The summed E-state index contributed by atoms with van der Waals surface area (Å²) in [7, 11) is 0. The Morgan fingerprint density at radius 1 is 0.500 bits per heavy atom. The van der Waals surface area contributed by atoms with E-state index in [-0.39, 0.29) is 50.7 Å². The van der Waals surface area contributed by atoms with E-state index in [1.807, 2.05) is 12.1 Å². The van der Waals surface area contributed by atoms with Crippen molar-refractivity contribution < 1.29 is 0 Å². The molecule has 0 N–H and O–H groups in total. The summed E-state index contributed by atoms with van der Waals surface area (Å²) < 4.78 is 4.31. The summed E-state index contributed by atoms with van der Waals surface area (Å²) in [6.07, 6.45) is 0. The molecule has 0 unspecified atom stereocenters. The van der Waals surface area contributed by atoms with Crippen molar-refractivity contribution in [3.8, 4) is 0 Å². The minimum atomic E-state index is 0.00356. The molecule has 0 amide bonds. The first-order valence-electron chi connectivity index (χ1n) is 10.9. The zero-order chi connectivity index (χ0) is 23.0. The van der Waals surface area contributed by atoms with Gasteiger partial charge in [0.15, 0.2) is 0 Å². The third-order valence-electron chi connectivity index (χ3n) is 6.19. The molecule has 162 valence electrons. The van der Waals surface area contributed by atoms with E-state index in [9.17, 15) is 9.59 Å². The van der Waals surface area contributed by atoms with Crippen LogP contribution in [0.25, 0.3) is 38.6 Å². The molecule has 0 saturated carbocycles. The molecule has 5 aromatic rings. The van der Waals surface area contributed by atoms with E-state index >= 15 is 0 Å². The fourth-order valence-electron chi connectivity index (χ4n) is 4.14. The predicted octanol–water partition coefficient (Wildman–Crippen LogP) is 5.73. The SMILES string of the molecule is CC(C)(C)c1ccc2[se]c3cc4c(=O)c5cc(C(C)(C)C)ccc5[se]c4cc3c(=O)c2c1. The first-order valence-corrected chi connectivity index (χ1v) is 14.3. The predicted molar refractivity (Wildman–Crippen MR) is 140 cm³/mol. The van der Waals surface area contributed by atoms with Gasteiger partial charge < -0.3 is 0 Å². The van der Waals surface area contributed by atoms with E-state index in [4.69, 9.17) is 0 Å². The van der Waals surface area contributed by atoms with Gasteiger partial charge in [-0.3, -0.25) is 0 Å². The number of hydrogen-bond acceptors (Lipinski definition) is 2. The molecule has 2 nitrogen and oxygen atoms in total. The van der Waals surface area contributed by atoms with Crippen LogP contribution >= 0.6 is 0 Å². The first kappa shape index (κ1) is 21.9. The molecule has 4 heteroatoms. The second-order valence-corrected chi connectivity index (χ2v) is 15.2. The number of rotatable bonds is 0. The Bertz CT molecular complexity index is 1550. The number of hydrogen-bond donors (Lipinski definition) is 0. The van der Waals surface area contributed by atoms with Crippen LogP contribution in [0.15, 0.2) is 58.1 Å². The second-order valence-electron chi connectivity index (χ2n) is 10.6. The van der Waals surface area contributed by atoms with Crippen LogP contribution in [0.2, 0.25) is 0 Å². The van der Waals surface area contributed by atoms with Crippen LogP contribution in [0.3, 0.4) is 0 Å². The third kappa shape index (κ3) is 3.55. The van der Waals surface area contributed by atoms with Crippen LogP contribution in [-0.2, 0) is 10.8 Å². The van der Waals surface area contributed by atoms with Crippen molar-refractivity contribution >= 4 is 67.6 Å². The Labute approximate surface area is 199 Å². The average Bonchev–Trinajstić information content (AvgIpc) is 2.71. The molecule has 0 radical (unpaired) electrons. The molecule has 0 bridgehead atoms. The van der Waals surface area contributed by atoms with Crippen molar-refractivity contribution in [2.24, 2.45) is 0 Å². The zero-order valence-corrected chi connectivity index (χ0v) is 22.7. The Morgan fingerprint density at radius 3 is 1.19 bits per heavy atom. The molecule has 0 aliphatic rings. The van der Waals surface area contributed by atoms with Crippen molar-refractivity contribution in [2.45, 2.75) is 52.4 Å². The summed E-state index contributed by atoms with van der Waals surface area (Å²) in [6, 6.07) is 16.8. The van der Waals surface area contributed by atoms with Gasteiger partial charge >= 0.3 is 200 Å². The van der Waals surface area contributed by atoms with Crippen molar-refractivity contribution in [2.75, 3.05) is 0 Å². The van der Waals surface area contributed by atoms with E-state index in [0.29, 0.717) is 0 Å². The molecular weight excluding hydrogens is 526 g/mol. The Kier molecular flexibility index (Phi) is 4.97. The minimum absolute atomic E-state index is 0.00356. The van der Waals surface area contributed by atoms with Crippen LogP contribution in [0.5, 0.6) is 0 Å². The normalized spacial score (nSPS) is 12.9. The van der Waals surface area contributed by atoms with Crippen molar-refractivity contribution in [1.29, 1.82) is 0 Å². The zero-order valence-electron chi connectivity index (χ0n) is 19.3. The quantitative estimate of drug-likeness (QED) is 0.182. The number of benzene rings is 3. The second kappa shape index (κ2) is 7.27. The third-order valence-corrected chi connectivity index (χ3v) is 10.9. The molecule has 3 aromatic carbocycles. The van der Waals surface area contributed by atoms with Gasteiger partial charge in [0.1, 0.15) is 0 Å². The molecule has 0 fully saturated rings. The van der Waals surface area contributed by atoms with Gasteiger partial charge in [-0.25, -0.2) is 0 Å². The molecule has 5 rings (SSSR count). The topological polar surface area (TPSA) is 34.1 Å². The summed E-state index contributed by atoms with van der Waals surface area (Å²) in [4.78, 5) is 27.0. The fraction of sp³-hybridized carbons (Fsp3) is 0.286. The Morgan fingerprint density at radius 2 is 0.844 bits per heavy atom. The molecule has 32 heavy (non-hydrogen) atoms. The molecule has 0 aliphatic carbocycles. The van der Waals surface area contributed by atoms with Crippen LogP contribution in [0.1, 0.15) is 52.7 Å². The van der Waals surface area contributed by atoms with Gasteiger partial charge in [0.2, 0.25) is 0 Å². The van der Waals surface area contributed by atoms with Crippen LogP contribution in [0.4, 0.5) is 0 Å². The van der Waals surface area contributed by atoms with Gasteiger partial charge in [-0.15, -0.1) is 0 Å². The summed E-state index contributed by atoms with van der Waals surface area (Å²) in [5.41, 5.74) is 2.59. The maximum absolute atomic E-state index is 13.5. The average molecular weight is 552 g/mol. The molecule has 2 aromatic heterocycles. The first-order chi connectivity index (χ1) is 14.9. The summed E-state index contributed by atoms with van der Waals surface area (Å²) in [5, 5.41) is 3.28. The van der Waals surface area contributed by atoms with Gasteiger partial charge in [-0.1, -0.05) is 0 Å². The van der Waals surface area contributed by atoms with Gasteiger partial charge in [-0.05, 0) is 0 Å². The van der Waals surface area contributed by atoms with E-state index in [0.717, 1.165) is 38.6 Å². The molecular formula is C28H26O2Se2. The number of fused-ring (bicyclic) bond motifs is 4. The molecule has 0 atom stereocenters.